The molecule has 0 aromatic carbocycles. The van der Waals surface area contributed by atoms with Crippen LogP contribution >= 0.6 is 0 Å². The molecule has 0 bridgehead atoms. The van der Waals surface area contributed by atoms with E-state index in [0.29, 0.717) is 18.4 Å². The summed E-state index contributed by atoms with van der Waals surface area (Å²) in [6.07, 6.45) is 10.0. The molecule has 1 aliphatic carbocycles. The van der Waals surface area contributed by atoms with Crippen molar-refractivity contribution in [3.05, 3.63) is 35.9 Å². The van der Waals surface area contributed by atoms with E-state index in [4.69, 9.17) is 0 Å². The van der Waals surface area contributed by atoms with E-state index in [1.54, 1.807) is 0 Å². The Balaban J connectivity index is 1.33. The molecule has 2 aliphatic rings. The molecule has 1 saturated carbocycles. The number of carbonyl (C=O) groups excluding carboxylic acids is 1. The van der Waals surface area contributed by atoms with Crippen LogP contribution in [0.4, 0.5) is 0 Å². The van der Waals surface area contributed by atoms with Gasteiger partial charge in [-0.05, 0) is 38.2 Å². The van der Waals surface area contributed by atoms with Crippen LogP contribution in [-0.2, 0) is 24.4 Å². The molecular weight excluding hydrogens is 328 g/mol. The smallest absolute Gasteiger partial charge is 0.220 e. The SMILES string of the molecule is CCn1cc(CN2Cc3ccnn3[C@H](CCNC(=O)CC3CC3)C2)cn1. The number of amides is 1. The van der Waals surface area contributed by atoms with Crippen LogP contribution in [0.25, 0.3) is 0 Å². The third kappa shape index (κ3) is 4.15. The molecule has 1 fully saturated rings. The first-order chi connectivity index (χ1) is 12.7. The number of fused-ring (bicyclic) bond motifs is 1. The predicted molar refractivity (Wildman–Crippen MR) is 98.2 cm³/mol. The van der Waals surface area contributed by atoms with Crippen molar-refractivity contribution in [1.82, 2.24) is 29.8 Å². The zero-order valence-corrected chi connectivity index (χ0v) is 15.5. The van der Waals surface area contributed by atoms with Crippen LogP contribution in [0.15, 0.2) is 24.7 Å². The molecule has 0 spiro atoms. The van der Waals surface area contributed by atoms with Crippen LogP contribution in [0.1, 0.15) is 49.9 Å². The summed E-state index contributed by atoms with van der Waals surface area (Å²) in [5, 5.41) is 12.0. The number of hydrogen-bond acceptors (Lipinski definition) is 4. The van der Waals surface area contributed by atoms with Crippen molar-refractivity contribution in [2.45, 2.75) is 58.3 Å². The Morgan fingerprint density at radius 1 is 1.35 bits per heavy atom. The average Bonchev–Trinajstić information content (AvgIpc) is 3.12. The molecule has 0 saturated heterocycles. The maximum atomic E-state index is 11.9. The van der Waals surface area contributed by atoms with Gasteiger partial charge < -0.3 is 5.32 Å². The fourth-order valence-electron chi connectivity index (χ4n) is 3.75. The maximum Gasteiger partial charge on any atom is 0.220 e. The number of hydrogen-bond donors (Lipinski definition) is 1. The average molecular weight is 356 g/mol. The van der Waals surface area contributed by atoms with Crippen LogP contribution in [0, 0.1) is 5.92 Å². The van der Waals surface area contributed by atoms with E-state index in [0.717, 1.165) is 39.1 Å². The second kappa shape index (κ2) is 7.61. The van der Waals surface area contributed by atoms with E-state index in [1.165, 1.54) is 24.1 Å². The molecule has 1 atom stereocenters. The first-order valence-corrected chi connectivity index (χ1v) is 9.74. The molecule has 7 nitrogen and oxygen atoms in total. The Labute approximate surface area is 154 Å². The highest BCUT2D eigenvalue weighted by molar-refractivity contribution is 5.76. The lowest BCUT2D eigenvalue weighted by Crippen LogP contribution is -2.38. The molecule has 1 aliphatic heterocycles. The summed E-state index contributed by atoms with van der Waals surface area (Å²) < 4.78 is 4.11. The highest BCUT2D eigenvalue weighted by Crippen LogP contribution is 2.32. The lowest BCUT2D eigenvalue weighted by atomic mass is 10.1. The quantitative estimate of drug-likeness (QED) is 0.785. The van der Waals surface area contributed by atoms with Crippen LogP contribution in [0.5, 0.6) is 0 Å². The number of rotatable bonds is 8. The Hall–Kier alpha value is -2.15. The van der Waals surface area contributed by atoms with E-state index in [9.17, 15) is 4.79 Å². The minimum atomic E-state index is 0.202. The largest absolute Gasteiger partial charge is 0.356 e. The zero-order chi connectivity index (χ0) is 17.9. The van der Waals surface area contributed by atoms with E-state index in [1.807, 2.05) is 17.1 Å². The topological polar surface area (TPSA) is 68.0 Å². The van der Waals surface area contributed by atoms with Crippen molar-refractivity contribution in [2.24, 2.45) is 5.92 Å². The van der Waals surface area contributed by atoms with Gasteiger partial charge in [-0.1, -0.05) is 0 Å². The molecule has 2 aromatic heterocycles. The lowest BCUT2D eigenvalue weighted by Gasteiger charge is -2.33. The molecule has 0 unspecified atom stereocenters. The van der Waals surface area contributed by atoms with Gasteiger partial charge in [0.1, 0.15) is 0 Å². The monoisotopic (exact) mass is 356 g/mol. The molecule has 0 radical (unpaired) electrons. The first-order valence-electron chi connectivity index (χ1n) is 9.74. The van der Waals surface area contributed by atoms with Crippen LogP contribution in [0.3, 0.4) is 0 Å². The Morgan fingerprint density at radius 2 is 2.23 bits per heavy atom. The van der Waals surface area contributed by atoms with E-state index in [2.05, 4.69) is 44.3 Å². The van der Waals surface area contributed by atoms with E-state index >= 15 is 0 Å². The van der Waals surface area contributed by atoms with Gasteiger partial charge in [0.05, 0.1) is 17.9 Å². The van der Waals surface area contributed by atoms with Gasteiger partial charge in [0.2, 0.25) is 5.91 Å². The fourth-order valence-corrected chi connectivity index (χ4v) is 3.75. The molecule has 4 rings (SSSR count). The molecule has 1 amide bonds. The molecule has 26 heavy (non-hydrogen) atoms. The summed E-state index contributed by atoms with van der Waals surface area (Å²) >= 11 is 0. The normalized spacial score (nSPS) is 20.1. The number of nitrogens with one attached hydrogen (secondary N) is 1. The van der Waals surface area contributed by atoms with Gasteiger partial charge in [-0.15, -0.1) is 0 Å². The molecular formula is C19H28N6O. The number of carbonyl (C=O) groups is 1. The van der Waals surface area contributed by atoms with Gasteiger partial charge in [-0.25, -0.2) is 0 Å². The summed E-state index contributed by atoms with van der Waals surface area (Å²) in [5.74, 6) is 0.842. The summed E-state index contributed by atoms with van der Waals surface area (Å²) in [7, 11) is 0. The summed E-state index contributed by atoms with van der Waals surface area (Å²) in [6, 6.07) is 2.40. The second-order valence-electron chi connectivity index (χ2n) is 7.58. The number of aryl methyl sites for hydroxylation is 1. The van der Waals surface area contributed by atoms with E-state index < -0.39 is 0 Å². The van der Waals surface area contributed by atoms with E-state index in [-0.39, 0.29) is 5.91 Å². The van der Waals surface area contributed by atoms with Gasteiger partial charge >= 0.3 is 0 Å². The molecule has 140 valence electrons. The summed E-state index contributed by atoms with van der Waals surface area (Å²) in [6.45, 7) is 6.47. The van der Waals surface area contributed by atoms with Gasteiger partial charge in [0.15, 0.2) is 0 Å². The van der Waals surface area contributed by atoms with Crippen molar-refractivity contribution in [2.75, 3.05) is 13.1 Å². The fraction of sp³-hybridized carbons (Fsp3) is 0.632. The van der Waals surface area contributed by atoms with Gasteiger partial charge in [-0.3, -0.25) is 19.1 Å². The van der Waals surface area contributed by atoms with Crippen LogP contribution in [-0.4, -0.2) is 43.5 Å². The summed E-state index contributed by atoms with van der Waals surface area (Å²) in [5.41, 5.74) is 2.49. The van der Waals surface area contributed by atoms with Crippen molar-refractivity contribution >= 4 is 5.91 Å². The molecule has 7 heteroatoms. The van der Waals surface area contributed by atoms with Gasteiger partial charge in [0, 0.05) is 57.1 Å². The maximum absolute atomic E-state index is 11.9. The van der Waals surface area contributed by atoms with Crippen LogP contribution < -0.4 is 5.32 Å². The minimum absolute atomic E-state index is 0.202. The van der Waals surface area contributed by atoms with Gasteiger partial charge in [-0.2, -0.15) is 10.2 Å². The Morgan fingerprint density at radius 3 is 3.00 bits per heavy atom. The highest BCUT2D eigenvalue weighted by atomic mass is 16.1. The predicted octanol–water partition coefficient (Wildman–Crippen LogP) is 1.96. The van der Waals surface area contributed by atoms with Crippen molar-refractivity contribution in [1.29, 1.82) is 0 Å². The second-order valence-corrected chi connectivity index (χ2v) is 7.58. The highest BCUT2D eigenvalue weighted by Gasteiger charge is 2.27. The lowest BCUT2D eigenvalue weighted by molar-refractivity contribution is -0.121. The van der Waals surface area contributed by atoms with Crippen molar-refractivity contribution in [3.63, 3.8) is 0 Å². The minimum Gasteiger partial charge on any atom is -0.356 e. The standard InChI is InChI=1S/C19H28N6O/c1-2-24-12-16(10-22-24)11-23-13-17(25-18(14-23)6-8-21-25)5-7-20-19(26)9-15-3-4-15/h6,8,10,12,15,17H,2-5,7,9,11,13-14H2,1H3,(H,20,26)/t17-/m1/s1. The zero-order valence-electron chi connectivity index (χ0n) is 15.5. The molecule has 2 aromatic rings. The third-order valence-electron chi connectivity index (χ3n) is 5.34. The van der Waals surface area contributed by atoms with Gasteiger partial charge in [0.25, 0.3) is 0 Å². The molecule has 1 N–H and O–H groups in total. The first kappa shape index (κ1) is 17.3. The summed E-state index contributed by atoms with van der Waals surface area (Å²) in [4.78, 5) is 14.4. The van der Waals surface area contributed by atoms with Crippen LogP contribution in [0.2, 0.25) is 0 Å². The Bertz CT molecular complexity index is 747. The third-order valence-corrected chi connectivity index (χ3v) is 5.34. The van der Waals surface area contributed by atoms with Crippen molar-refractivity contribution < 1.29 is 4.79 Å². The number of aromatic nitrogens is 4. The number of nitrogens with zero attached hydrogens (tertiary/aromatic N) is 5. The van der Waals surface area contributed by atoms with Crippen molar-refractivity contribution in [3.8, 4) is 0 Å². The molecule has 3 heterocycles. The Kier molecular flexibility index (Phi) is 5.06.